The normalized spacial score (nSPS) is 21.5. The second-order valence-electron chi connectivity index (χ2n) is 9.44. The number of aryl methyl sites for hydroxylation is 1. The first-order valence-corrected chi connectivity index (χ1v) is 11.9. The lowest BCUT2D eigenvalue weighted by molar-refractivity contribution is -0.101. The molecule has 180 valence electrons. The van der Waals surface area contributed by atoms with E-state index in [4.69, 9.17) is 14.2 Å². The van der Waals surface area contributed by atoms with Gasteiger partial charge in [-0.1, -0.05) is 12.1 Å². The van der Waals surface area contributed by atoms with Crippen LogP contribution in [0.4, 0.5) is 0 Å². The van der Waals surface area contributed by atoms with Crippen LogP contribution in [0, 0.1) is 12.8 Å². The number of piperidine rings is 1. The number of aromatic nitrogens is 1. The van der Waals surface area contributed by atoms with Gasteiger partial charge in [0.05, 0.1) is 38.6 Å². The van der Waals surface area contributed by atoms with Crippen molar-refractivity contribution in [2.75, 3.05) is 33.5 Å². The fraction of sp³-hybridized carbons (Fsp3) is 0.444. The van der Waals surface area contributed by atoms with E-state index in [2.05, 4.69) is 28.9 Å². The first kappa shape index (κ1) is 22.9. The molecule has 2 aromatic carbocycles. The Kier molecular flexibility index (Phi) is 6.59. The number of aromatic carboxylic acids is 1. The summed E-state index contributed by atoms with van der Waals surface area (Å²) in [6, 6.07) is 11.6. The third-order valence-electron chi connectivity index (χ3n) is 7.17. The molecule has 0 radical (unpaired) electrons. The zero-order chi connectivity index (χ0) is 23.7. The molecule has 7 heteroatoms. The van der Waals surface area contributed by atoms with Gasteiger partial charge in [-0.15, -0.1) is 0 Å². The summed E-state index contributed by atoms with van der Waals surface area (Å²) in [7, 11) is 1.73. The molecular formula is C27H32N2O5. The Morgan fingerprint density at radius 2 is 2.03 bits per heavy atom. The number of aromatic amines is 1. The molecule has 3 aromatic rings. The van der Waals surface area contributed by atoms with Gasteiger partial charge in [0, 0.05) is 47.7 Å². The number of nitrogens with zero attached hydrogens (tertiary/aromatic N) is 1. The van der Waals surface area contributed by atoms with E-state index in [1.54, 1.807) is 19.2 Å². The van der Waals surface area contributed by atoms with E-state index in [1.807, 2.05) is 18.3 Å². The Labute approximate surface area is 199 Å². The van der Waals surface area contributed by atoms with Gasteiger partial charge >= 0.3 is 5.97 Å². The van der Waals surface area contributed by atoms with E-state index in [0.717, 1.165) is 68.1 Å². The van der Waals surface area contributed by atoms with Gasteiger partial charge in [0.2, 0.25) is 0 Å². The summed E-state index contributed by atoms with van der Waals surface area (Å²) >= 11 is 0. The molecule has 0 bridgehead atoms. The number of carboxylic acid groups (broad SMARTS) is 1. The van der Waals surface area contributed by atoms with E-state index >= 15 is 0 Å². The summed E-state index contributed by atoms with van der Waals surface area (Å²) in [5, 5.41) is 10.5. The summed E-state index contributed by atoms with van der Waals surface area (Å²) in [5.41, 5.74) is 4.88. The third-order valence-corrected chi connectivity index (χ3v) is 7.17. The average molecular weight is 465 g/mol. The number of rotatable bonds is 8. The summed E-state index contributed by atoms with van der Waals surface area (Å²) in [6.07, 6.45) is 3.98. The Morgan fingerprint density at radius 3 is 2.71 bits per heavy atom. The van der Waals surface area contributed by atoms with Crippen LogP contribution >= 0.6 is 0 Å². The minimum atomic E-state index is -0.907. The van der Waals surface area contributed by atoms with Crippen LogP contribution in [0.1, 0.15) is 45.9 Å². The van der Waals surface area contributed by atoms with Crippen molar-refractivity contribution >= 4 is 16.9 Å². The van der Waals surface area contributed by atoms with Gasteiger partial charge in [-0.3, -0.25) is 4.90 Å². The first-order chi connectivity index (χ1) is 16.5. The highest BCUT2D eigenvalue weighted by atomic mass is 16.5. The van der Waals surface area contributed by atoms with Crippen LogP contribution in [-0.2, 0) is 16.0 Å². The SMILES string of the molecule is COc1cc(C)c2[nH]ccc2c1CN1CC[C@H](OCC2COC2)C[C@H]1c1ccc(C(=O)O)cc1. The molecule has 1 aromatic heterocycles. The summed E-state index contributed by atoms with van der Waals surface area (Å²) in [4.78, 5) is 17.2. The molecular weight excluding hydrogens is 432 g/mol. The van der Waals surface area contributed by atoms with Crippen molar-refractivity contribution in [3.05, 3.63) is 64.8 Å². The zero-order valence-corrected chi connectivity index (χ0v) is 19.8. The zero-order valence-electron chi connectivity index (χ0n) is 19.8. The van der Waals surface area contributed by atoms with Crippen LogP contribution in [0.25, 0.3) is 10.9 Å². The lowest BCUT2D eigenvalue weighted by atomic mass is 9.91. The number of benzene rings is 2. The highest BCUT2D eigenvalue weighted by Crippen LogP contribution is 2.38. The Balaban J connectivity index is 1.42. The average Bonchev–Trinajstić information content (AvgIpc) is 3.31. The molecule has 2 N–H and O–H groups in total. The molecule has 34 heavy (non-hydrogen) atoms. The van der Waals surface area contributed by atoms with Crippen LogP contribution in [0.5, 0.6) is 5.75 Å². The van der Waals surface area contributed by atoms with Crippen LogP contribution in [0.2, 0.25) is 0 Å². The molecule has 0 unspecified atom stereocenters. The third kappa shape index (κ3) is 4.56. The van der Waals surface area contributed by atoms with E-state index < -0.39 is 5.97 Å². The highest BCUT2D eigenvalue weighted by molar-refractivity contribution is 5.88. The molecule has 0 aliphatic carbocycles. The van der Waals surface area contributed by atoms with Crippen LogP contribution in [0.3, 0.4) is 0 Å². The van der Waals surface area contributed by atoms with Crippen molar-refractivity contribution in [2.45, 2.75) is 38.5 Å². The maximum atomic E-state index is 11.4. The van der Waals surface area contributed by atoms with E-state index in [0.29, 0.717) is 11.5 Å². The molecule has 7 nitrogen and oxygen atoms in total. The quantitative estimate of drug-likeness (QED) is 0.509. The number of H-pyrrole nitrogens is 1. The maximum absolute atomic E-state index is 11.4. The Morgan fingerprint density at radius 1 is 1.24 bits per heavy atom. The topological polar surface area (TPSA) is 84.0 Å². The molecule has 3 heterocycles. The number of likely N-dealkylation sites (tertiary alicyclic amines) is 1. The fourth-order valence-electron chi connectivity index (χ4n) is 5.15. The number of methoxy groups -OCH3 is 1. The number of nitrogens with one attached hydrogen (secondary N) is 1. The minimum Gasteiger partial charge on any atom is -0.496 e. The number of ether oxygens (including phenoxy) is 3. The number of carbonyl (C=O) groups is 1. The maximum Gasteiger partial charge on any atom is 0.335 e. The number of hydrogen-bond donors (Lipinski definition) is 2. The largest absolute Gasteiger partial charge is 0.496 e. The summed E-state index contributed by atoms with van der Waals surface area (Å²) in [5.74, 6) is 0.494. The molecule has 2 saturated heterocycles. The smallest absolute Gasteiger partial charge is 0.335 e. The molecule has 5 rings (SSSR count). The lowest BCUT2D eigenvalue weighted by Crippen LogP contribution is -2.41. The van der Waals surface area contributed by atoms with E-state index in [-0.39, 0.29) is 12.1 Å². The number of carboxylic acids is 1. The minimum absolute atomic E-state index is 0.124. The van der Waals surface area contributed by atoms with Gasteiger partial charge in [-0.2, -0.15) is 0 Å². The van der Waals surface area contributed by atoms with Crippen LogP contribution in [0.15, 0.2) is 42.6 Å². The standard InChI is InChI=1S/C27H32N2O5/c1-17-11-25(32-2)23(22-7-9-28-26(17)22)13-29-10-8-21(34-16-18-14-33-15-18)12-24(29)19-3-5-20(6-4-19)27(30)31/h3-7,9,11,18,21,24,28H,8,10,12-16H2,1-2H3,(H,30,31)/t21-,24-/m0/s1. The van der Waals surface area contributed by atoms with Crippen LogP contribution < -0.4 is 4.74 Å². The molecule has 0 spiro atoms. The molecule has 0 amide bonds. The van der Waals surface area contributed by atoms with Crippen LogP contribution in [-0.4, -0.2) is 60.5 Å². The predicted octanol–water partition coefficient (Wildman–Crippen LogP) is 4.55. The van der Waals surface area contributed by atoms with Gasteiger partial charge < -0.3 is 24.3 Å². The predicted molar refractivity (Wildman–Crippen MR) is 129 cm³/mol. The van der Waals surface area contributed by atoms with E-state index in [9.17, 15) is 9.90 Å². The highest BCUT2D eigenvalue weighted by Gasteiger charge is 2.32. The van der Waals surface area contributed by atoms with Crippen molar-refractivity contribution in [3.63, 3.8) is 0 Å². The molecule has 0 saturated carbocycles. The van der Waals surface area contributed by atoms with Gasteiger partial charge in [-0.05, 0) is 55.2 Å². The van der Waals surface area contributed by atoms with Crippen molar-refractivity contribution < 1.29 is 24.1 Å². The monoisotopic (exact) mass is 464 g/mol. The molecule has 2 atom stereocenters. The lowest BCUT2D eigenvalue weighted by Gasteiger charge is -2.40. The summed E-state index contributed by atoms with van der Waals surface area (Å²) in [6.45, 7) is 6.04. The van der Waals surface area contributed by atoms with Gasteiger partial charge in [0.25, 0.3) is 0 Å². The second-order valence-corrected chi connectivity index (χ2v) is 9.44. The van der Waals surface area contributed by atoms with Crippen molar-refractivity contribution in [2.24, 2.45) is 5.92 Å². The van der Waals surface area contributed by atoms with Gasteiger partial charge in [0.1, 0.15) is 5.75 Å². The molecule has 2 aliphatic heterocycles. The number of fused-ring (bicyclic) bond motifs is 1. The summed E-state index contributed by atoms with van der Waals surface area (Å²) < 4.78 is 17.4. The van der Waals surface area contributed by atoms with Gasteiger partial charge in [-0.25, -0.2) is 4.79 Å². The van der Waals surface area contributed by atoms with Crippen molar-refractivity contribution in [1.29, 1.82) is 0 Å². The fourth-order valence-corrected chi connectivity index (χ4v) is 5.15. The Bertz CT molecular complexity index is 1150. The second kappa shape index (κ2) is 9.78. The van der Waals surface area contributed by atoms with Crippen molar-refractivity contribution in [1.82, 2.24) is 9.88 Å². The van der Waals surface area contributed by atoms with Gasteiger partial charge in [0.15, 0.2) is 0 Å². The molecule has 2 aliphatic rings. The number of hydrogen-bond acceptors (Lipinski definition) is 5. The molecule has 2 fully saturated rings. The first-order valence-electron chi connectivity index (χ1n) is 11.9. The Hall–Kier alpha value is -2.87. The van der Waals surface area contributed by atoms with Crippen molar-refractivity contribution in [3.8, 4) is 5.75 Å². The van der Waals surface area contributed by atoms with E-state index in [1.165, 1.54) is 10.9 Å².